The summed E-state index contributed by atoms with van der Waals surface area (Å²) in [4.78, 5) is 17.0. The molecule has 1 atom stereocenters. The van der Waals surface area contributed by atoms with Crippen LogP contribution in [0.15, 0.2) is 29.0 Å². The molecular weight excluding hydrogens is 314 g/mol. The van der Waals surface area contributed by atoms with Crippen LogP contribution in [0.1, 0.15) is 34.6 Å². The number of nitrogens with zero attached hydrogens (tertiary/aromatic N) is 2. The Hall–Kier alpha value is -2.56. The van der Waals surface area contributed by atoms with Gasteiger partial charge in [0.1, 0.15) is 11.4 Å². The summed E-state index contributed by atoms with van der Waals surface area (Å²) in [5.74, 6) is 1.17. The normalized spacial score (nSPS) is 16.8. The van der Waals surface area contributed by atoms with E-state index >= 15 is 0 Å². The Morgan fingerprint density at radius 3 is 3.04 bits per heavy atom. The standard InChI is InChI=1S/C20H23N3O2/c1-12-4-6-17-15(11-25-20(17)14(12)3)8-19(24)22-16-5-7-18-21-13(2)9-23(18)10-16/h4,6,9,11,16H,5,7-8,10H2,1-3H3,(H,22,24). The Morgan fingerprint density at radius 1 is 1.36 bits per heavy atom. The Morgan fingerprint density at radius 2 is 2.20 bits per heavy atom. The molecule has 0 saturated heterocycles. The van der Waals surface area contributed by atoms with Gasteiger partial charge in [-0.05, 0) is 38.3 Å². The number of benzene rings is 1. The van der Waals surface area contributed by atoms with Gasteiger partial charge in [-0.1, -0.05) is 12.1 Å². The SMILES string of the molecule is Cc1cn2c(n1)CCC(NC(=O)Cc1coc3c(C)c(C)ccc13)C2. The van der Waals surface area contributed by atoms with Crippen LogP contribution in [0.25, 0.3) is 11.0 Å². The molecule has 1 aliphatic heterocycles. The molecule has 1 amide bonds. The molecule has 1 aromatic carbocycles. The van der Waals surface area contributed by atoms with Crippen molar-refractivity contribution in [3.8, 4) is 0 Å². The number of furan rings is 1. The average Bonchev–Trinajstić information content (AvgIpc) is 3.13. The molecule has 1 unspecified atom stereocenters. The minimum absolute atomic E-state index is 0.0474. The van der Waals surface area contributed by atoms with Crippen molar-refractivity contribution >= 4 is 16.9 Å². The van der Waals surface area contributed by atoms with E-state index in [0.717, 1.165) is 53.0 Å². The van der Waals surface area contributed by atoms with Crippen LogP contribution < -0.4 is 5.32 Å². The fourth-order valence-electron chi connectivity index (χ4n) is 3.68. The second-order valence-electron chi connectivity index (χ2n) is 7.08. The summed E-state index contributed by atoms with van der Waals surface area (Å²) in [5, 5.41) is 4.21. The lowest BCUT2D eigenvalue weighted by atomic mass is 10.0. The highest BCUT2D eigenvalue weighted by Gasteiger charge is 2.22. The van der Waals surface area contributed by atoms with Crippen molar-refractivity contribution < 1.29 is 9.21 Å². The van der Waals surface area contributed by atoms with Crippen LogP contribution in [-0.2, 0) is 24.2 Å². The van der Waals surface area contributed by atoms with E-state index in [-0.39, 0.29) is 11.9 Å². The molecule has 25 heavy (non-hydrogen) atoms. The topological polar surface area (TPSA) is 60.1 Å². The molecule has 0 bridgehead atoms. The van der Waals surface area contributed by atoms with Crippen molar-refractivity contribution in [2.45, 2.75) is 52.6 Å². The first-order chi connectivity index (χ1) is 12.0. The van der Waals surface area contributed by atoms with Crippen molar-refractivity contribution in [2.24, 2.45) is 0 Å². The molecular formula is C20H23N3O2. The maximum absolute atomic E-state index is 12.5. The molecule has 1 N–H and O–H groups in total. The number of aromatic nitrogens is 2. The smallest absolute Gasteiger partial charge is 0.224 e. The van der Waals surface area contributed by atoms with Gasteiger partial charge < -0.3 is 14.3 Å². The zero-order chi connectivity index (χ0) is 17.6. The molecule has 0 aliphatic carbocycles. The largest absolute Gasteiger partial charge is 0.464 e. The third kappa shape index (κ3) is 2.95. The number of nitrogens with one attached hydrogen (secondary N) is 1. The lowest BCUT2D eigenvalue weighted by Crippen LogP contribution is -2.41. The van der Waals surface area contributed by atoms with Crippen LogP contribution in [0.3, 0.4) is 0 Å². The Balaban J connectivity index is 1.45. The number of aryl methyl sites for hydroxylation is 4. The second-order valence-corrected chi connectivity index (χ2v) is 7.08. The third-order valence-corrected chi connectivity index (χ3v) is 5.17. The van der Waals surface area contributed by atoms with Gasteiger partial charge in [-0.15, -0.1) is 0 Å². The molecule has 130 valence electrons. The van der Waals surface area contributed by atoms with Gasteiger partial charge in [0, 0.05) is 36.2 Å². The van der Waals surface area contributed by atoms with E-state index in [1.807, 2.05) is 13.0 Å². The highest BCUT2D eigenvalue weighted by atomic mass is 16.3. The zero-order valence-corrected chi connectivity index (χ0v) is 14.9. The van der Waals surface area contributed by atoms with E-state index in [1.54, 1.807) is 6.26 Å². The van der Waals surface area contributed by atoms with Crippen molar-refractivity contribution in [1.29, 1.82) is 0 Å². The third-order valence-electron chi connectivity index (χ3n) is 5.17. The fourth-order valence-corrected chi connectivity index (χ4v) is 3.68. The van der Waals surface area contributed by atoms with E-state index in [9.17, 15) is 4.79 Å². The van der Waals surface area contributed by atoms with Crippen molar-refractivity contribution in [3.05, 3.63) is 52.8 Å². The van der Waals surface area contributed by atoms with Crippen LogP contribution in [-0.4, -0.2) is 21.5 Å². The minimum Gasteiger partial charge on any atom is -0.464 e. The molecule has 5 heteroatoms. The first-order valence-corrected chi connectivity index (χ1v) is 8.79. The number of rotatable bonds is 3. The van der Waals surface area contributed by atoms with Crippen LogP contribution in [0.2, 0.25) is 0 Å². The number of amides is 1. The molecule has 3 aromatic rings. The van der Waals surface area contributed by atoms with Crippen molar-refractivity contribution in [1.82, 2.24) is 14.9 Å². The van der Waals surface area contributed by atoms with Gasteiger partial charge in [-0.3, -0.25) is 4.79 Å². The van der Waals surface area contributed by atoms with Gasteiger partial charge in [0.2, 0.25) is 5.91 Å². The number of fused-ring (bicyclic) bond motifs is 2. The number of carbonyl (C=O) groups excluding carboxylic acids is 1. The van der Waals surface area contributed by atoms with Gasteiger partial charge in [0.05, 0.1) is 18.4 Å². The van der Waals surface area contributed by atoms with Crippen LogP contribution in [0.5, 0.6) is 0 Å². The fraction of sp³-hybridized carbons (Fsp3) is 0.400. The summed E-state index contributed by atoms with van der Waals surface area (Å²) in [6.45, 7) is 6.93. The predicted octanol–water partition coefficient (Wildman–Crippen LogP) is 3.23. The molecule has 5 nitrogen and oxygen atoms in total. The number of carbonyl (C=O) groups is 1. The molecule has 0 saturated carbocycles. The van der Waals surface area contributed by atoms with Gasteiger partial charge in [-0.25, -0.2) is 4.98 Å². The summed E-state index contributed by atoms with van der Waals surface area (Å²) in [5.41, 5.74) is 5.22. The first kappa shape index (κ1) is 15.9. The summed E-state index contributed by atoms with van der Waals surface area (Å²) < 4.78 is 7.86. The van der Waals surface area contributed by atoms with Crippen LogP contribution in [0.4, 0.5) is 0 Å². The van der Waals surface area contributed by atoms with Gasteiger partial charge in [0.15, 0.2) is 0 Å². The molecule has 0 spiro atoms. The number of imidazole rings is 1. The zero-order valence-electron chi connectivity index (χ0n) is 14.9. The molecule has 2 aromatic heterocycles. The van der Waals surface area contributed by atoms with Crippen LogP contribution in [0, 0.1) is 20.8 Å². The van der Waals surface area contributed by atoms with Gasteiger partial charge in [0.25, 0.3) is 0 Å². The maximum Gasteiger partial charge on any atom is 0.224 e. The summed E-state index contributed by atoms with van der Waals surface area (Å²) >= 11 is 0. The summed E-state index contributed by atoms with van der Waals surface area (Å²) in [6.07, 6.45) is 5.97. The molecule has 0 fully saturated rings. The molecule has 0 radical (unpaired) electrons. The van der Waals surface area contributed by atoms with Gasteiger partial charge in [-0.2, -0.15) is 0 Å². The second kappa shape index (κ2) is 6.06. The van der Waals surface area contributed by atoms with E-state index in [4.69, 9.17) is 4.42 Å². The summed E-state index contributed by atoms with van der Waals surface area (Å²) in [7, 11) is 0. The van der Waals surface area contributed by atoms with Gasteiger partial charge >= 0.3 is 0 Å². The lowest BCUT2D eigenvalue weighted by molar-refractivity contribution is -0.121. The number of hydrogen-bond donors (Lipinski definition) is 1. The predicted molar refractivity (Wildman–Crippen MR) is 96.6 cm³/mol. The lowest BCUT2D eigenvalue weighted by Gasteiger charge is -2.24. The quantitative estimate of drug-likeness (QED) is 0.798. The summed E-state index contributed by atoms with van der Waals surface area (Å²) in [6, 6.07) is 4.29. The number of hydrogen-bond acceptors (Lipinski definition) is 3. The maximum atomic E-state index is 12.5. The van der Waals surface area contributed by atoms with E-state index in [0.29, 0.717) is 6.42 Å². The Labute approximate surface area is 147 Å². The first-order valence-electron chi connectivity index (χ1n) is 8.79. The highest BCUT2D eigenvalue weighted by Crippen LogP contribution is 2.26. The highest BCUT2D eigenvalue weighted by molar-refractivity contribution is 5.89. The average molecular weight is 337 g/mol. The molecule has 3 heterocycles. The monoisotopic (exact) mass is 337 g/mol. The van der Waals surface area contributed by atoms with Crippen molar-refractivity contribution in [3.63, 3.8) is 0 Å². The van der Waals surface area contributed by atoms with Crippen molar-refractivity contribution in [2.75, 3.05) is 0 Å². The molecule has 1 aliphatic rings. The van der Waals surface area contributed by atoms with E-state index < -0.39 is 0 Å². The minimum atomic E-state index is 0.0474. The van der Waals surface area contributed by atoms with E-state index in [1.165, 1.54) is 5.56 Å². The molecule has 4 rings (SSSR count). The van der Waals surface area contributed by atoms with Crippen LogP contribution >= 0.6 is 0 Å². The van der Waals surface area contributed by atoms with E-state index in [2.05, 4.69) is 41.0 Å². The Kier molecular flexibility index (Phi) is 3.86. The Bertz CT molecular complexity index is 951.